The van der Waals surface area contributed by atoms with E-state index in [9.17, 15) is 0 Å². The van der Waals surface area contributed by atoms with E-state index in [1.807, 2.05) is 12.3 Å². The number of aromatic amines is 1. The van der Waals surface area contributed by atoms with Crippen molar-refractivity contribution in [1.29, 1.82) is 0 Å². The van der Waals surface area contributed by atoms with Gasteiger partial charge in [-0.3, -0.25) is 4.90 Å². The van der Waals surface area contributed by atoms with Gasteiger partial charge in [-0.15, -0.1) is 0 Å². The lowest BCUT2D eigenvalue weighted by Crippen LogP contribution is -2.24. The first-order valence-electron chi connectivity index (χ1n) is 5.74. The van der Waals surface area contributed by atoms with Gasteiger partial charge in [0.25, 0.3) is 0 Å². The van der Waals surface area contributed by atoms with Crippen LogP contribution in [0.1, 0.15) is 37.8 Å². The maximum atomic E-state index is 5.34. The number of likely N-dealkylation sites (tertiary alicyclic amines) is 1. The van der Waals surface area contributed by atoms with E-state index in [4.69, 9.17) is 12.2 Å². The highest BCUT2D eigenvalue weighted by Crippen LogP contribution is 2.31. The second-order valence-electron chi connectivity index (χ2n) is 4.15. The summed E-state index contributed by atoms with van der Waals surface area (Å²) in [5, 5.41) is 0. The average molecular weight is 222 g/mol. The molecule has 1 aromatic rings. The molecule has 0 spiro atoms. The van der Waals surface area contributed by atoms with Gasteiger partial charge in [0.05, 0.1) is 0 Å². The molecule has 0 aromatic carbocycles. The second-order valence-corrected chi connectivity index (χ2v) is 4.56. The van der Waals surface area contributed by atoms with Gasteiger partial charge < -0.3 is 4.98 Å². The number of pyridine rings is 1. The van der Waals surface area contributed by atoms with E-state index in [-0.39, 0.29) is 0 Å². The van der Waals surface area contributed by atoms with E-state index in [1.54, 1.807) is 0 Å². The highest BCUT2D eigenvalue weighted by atomic mass is 32.1. The van der Waals surface area contributed by atoms with Crippen LogP contribution in [-0.2, 0) is 0 Å². The summed E-state index contributed by atoms with van der Waals surface area (Å²) in [6.07, 6.45) is 5.68. The number of aromatic nitrogens is 1. The monoisotopic (exact) mass is 222 g/mol. The fourth-order valence-electron chi connectivity index (χ4n) is 2.43. The van der Waals surface area contributed by atoms with Gasteiger partial charge in [-0.05, 0) is 38.4 Å². The Kier molecular flexibility index (Phi) is 3.54. The fourth-order valence-corrected chi connectivity index (χ4v) is 2.70. The van der Waals surface area contributed by atoms with Crippen molar-refractivity contribution in [1.82, 2.24) is 9.88 Å². The van der Waals surface area contributed by atoms with E-state index in [0.717, 1.165) is 4.64 Å². The first-order chi connectivity index (χ1) is 7.33. The zero-order valence-electron chi connectivity index (χ0n) is 9.20. The molecule has 0 saturated carbocycles. The fraction of sp³-hybridized carbons (Fsp3) is 0.583. The topological polar surface area (TPSA) is 19.0 Å². The number of rotatable bonds is 3. The average Bonchev–Trinajstić information content (AvgIpc) is 2.67. The molecule has 1 atom stereocenters. The van der Waals surface area contributed by atoms with Gasteiger partial charge in [-0.1, -0.05) is 25.2 Å². The third-order valence-electron chi connectivity index (χ3n) is 3.08. The minimum absolute atomic E-state index is 0.551. The highest BCUT2D eigenvalue weighted by Gasteiger charge is 2.25. The number of nitrogens with zero attached hydrogens (tertiary/aromatic N) is 1. The van der Waals surface area contributed by atoms with E-state index in [0.29, 0.717) is 6.04 Å². The van der Waals surface area contributed by atoms with Crippen molar-refractivity contribution in [3.8, 4) is 0 Å². The quantitative estimate of drug-likeness (QED) is 0.791. The molecular weight excluding hydrogens is 204 g/mol. The van der Waals surface area contributed by atoms with Crippen molar-refractivity contribution in [3.63, 3.8) is 0 Å². The van der Waals surface area contributed by atoms with Gasteiger partial charge >= 0.3 is 0 Å². The van der Waals surface area contributed by atoms with E-state index < -0.39 is 0 Å². The summed E-state index contributed by atoms with van der Waals surface area (Å²) in [6.45, 7) is 4.65. The lowest BCUT2D eigenvalue weighted by molar-refractivity contribution is 0.257. The van der Waals surface area contributed by atoms with Crippen molar-refractivity contribution in [3.05, 3.63) is 28.5 Å². The third kappa shape index (κ3) is 2.29. The SMILES string of the molecule is CCCN1CCC[C@H]1c1ccc[nH]c1=S. The molecule has 3 heteroatoms. The highest BCUT2D eigenvalue weighted by molar-refractivity contribution is 7.71. The molecule has 1 aliphatic rings. The van der Waals surface area contributed by atoms with E-state index in [1.165, 1.54) is 37.9 Å². The van der Waals surface area contributed by atoms with Gasteiger partial charge in [-0.25, -0.2) is 0 Å². The standard InChI is InChI=1S/C12H18N2S/c1-2-8-14-9-4-6-11(14)10-5-3-7-13-12(10)15/h3,5,7,11H,2,4,6,8-9H2,1H3,(H,13,15)/t11-/m0/s1. The minimum atomic E-state index is 0.551. The van der Waals surface area contributed by atoms with Crippen LogP contribution >= 0.6 is 12.2 Å². The first kappa shape index (κ1) is 10.8. The van der Waals surface area contributed by atoms with Gasteiger partial charge in [0.15, 0.2) is 0 Å². The Morgan fingerprint density at radius 2 is 2.47 bits per heavy atom. The predicted octanol–water partition coefficient (Wildman–Crippen LogP) is 3.29. The number of nitrogens with one attached hydrogen (secondary N) is 1. The molecule has 0 aliphatic carbocycles. The summed E-state index contributed by atoms with van der Waals surface area (Å²) in [5.41, 5.74) is 1.30. The molecule has 1 aromatic heterocycles. The van der Waals surface area contributed by atoms with Crippen LogP contribution in [0.4, 0.5) is 0 Å². The lowest BCUT2D eigenvalue weighted by atomic mass is 10.1. The Labute approximate surface area is 96.3 Å². The molecule has 82 valence electrons. The summed E-state index contributed by atoms with van der Waals surface area (Å²) in [6, 6.07) is 4.76. The Bertz CT molecular complexity index is 372. The summed E-state index contributed by atoms with van der Waals surface area (Å²) >= 11 is 5.34. The first-order valence-corrected chi connectivity index (χ1v) is 6.15. The van der Waals surface area contributed by atoms with Crippen molar-refractivity contribution in [2.24, 2.45) is 0 Å². The van der Waals surface area contributed by atoms with Gasteiger partial charge in [0.1, 0.15) is 4.64 Å². The normalized spacial score (nSPS) is 22.1. The summed E-state index contributed by atoms with van der Waals surface area (Å²) in [5.74, 6) is 0. The number of hydrogen-bond acceptors (Lipinski definition) is 2. The van der Waals surface area contributed by atoms with Gasteiger partial charge in [-0.2, -0.15) is 0 Å². The molecular formula is C12H18N2S. The molecule has 0 unspecified atom stereocenters. The summed E-state index contributed by atoms with van der Waals surface area (Å²) in [4.78, 5) is 5.68. The van der Waals surface area contributed by atoms with Gasteiger partial charge in [0, 0.05) is 17.8 Å². The molecule has 1 fully saturated rings. The summed E-state index contributed by atoms with van der Waals surface area (Å²) in [7, 11) is 0. The number of hydrogen-bond donors (Lipinski definition) is 1. The predicted molar refractivity (Wildman–Crippen MR) is 65.5 cm³/mol. The van der Waals surface area contributed by atoms with Crippen LogP contribution in [0.25, 0.3) is 0 Å². The van der Waals surface area contributed by atoms with Crippen LogP contribution in [-0.4, -0.2) is 23.0 Å². The smallest absolute Gasteiger partial charge is 0.108 e. The third-order valence-corrected chi connectivity index (χ3v) is 3.44. The molecule has 2 heterocycles. The van der Waals surface area contributed by atoms with E-state index in [2.05, 4.69) is 22.9 Å². The molecule has 1 saturated heterocycles. The maximum Gasteiger partial charge on any atom is 0.108 e. The molecule has 0 radical (unpaired) electrons. The van der Waals surface area contributed by atoms with Crippen LogP contribution in [0.5, 0.6) is 0 Å². The molecule has 2 rings (SSSR count). The number of H-pyrrole nitrogens is 1. The van der Waals surface area contributed by atoms with Crippen LogP contribution in [0.2, 0.25) is 0 Å². The maximum absolute atomic E-state index is 5.34. The second kappa shape index (κ2) is 4.90. The van der Waals surface area contributed by atoms with Crippen molar-refractivity contribution >= 4 is 12.2 Å². The largest absolute Gasteiger partial charge is 0.353 e. The molecule has 0 amide bonds. The zero-order valence-corrected chi connectivity index (χ0v) is 10.0. The van der Waals surface area contributed by atoms with E-state index >= 15 is 0 Å². The van der Waals surface area contributed by atoms with Crippen molar-refractivity contribution in [2.45, 2.75) is 32.2 Å². The van der Waals surface area contributed by atoms with Crippen molar-refractivity contribution < 1.29 is 0 Å². The molecule has 1 N–H and O–H groups in total. The summed E-state index contributed by atoms with van der Waals surface area (Å²) < 4.78 is 0.908. The van der Waals surface area contributed by atoms with Crippen LogP contribution in [0, 0.1) is 4.64 Å². The molecule has 15 heavy (non-hydrogen) atoms. The van der Waals surface area contributed by atoms with Gasteiger partial charge in [0.2, 0.25) is 0 Å². The molecule has 2 nitrogen and oxygen atoms in total. The molecule has 1 aliphatic heterocycles. The lowest BCUT2D eigenvalue weighted by Gasteiger charge is -2.23. The van der Waals surface area contributed by atoms with Crippen LogP contribution < -0.4 is 0 Å². The van der Waals surface area contributed by atoms with Crippen molar-refractivity contribution in [2.75, 3.05) is 13.1 Å². The minimum Gasteiger partial charge on any atom is -0.353 e. The Balaban J connectivity index is 2.23. The Morgan fingerprint density at radius 1 is 1.60 bits per heavy atom. The Hall–Kier alpha value is -0.670. The zero-order chi connectivity index (χ0) is 10.7. The van der Waals surface area contributed by atoms with Crippen LogP contribution in [0.3, 0.4) is 0 Å². The molecule has 0 bridgehead atoms. The Morgan fingerprint density at radius 3 is 3.20 bits per heavy atom. The van der Waals surface area contributed by atoms with Crippen LogP contribution in [0.15, 0.2) is 18.3 Å².